The van der Waals surface area contributed by atoms with Crippen LogP contribution in [0.5, 0.6) is 0 Å². The molecule has 1 heterocycles. The van der Waals surface area contributed by atoms with Crippen molar-refractivity contribution in [3.05, 3.63) is 0 Å². The summed E-state index contributed by atoms with van der Waals surface area (Å²) in [6.07, 6.45) is -3.21. The largest absolute Gasteiger partial charge is 0.443 e. The Morgan fingerprint density at radius 1 is 1.39 bits per heavy atom. The van der Waals surface area contributed by atoms with Crippen molar-refractivity contribution in [1.29, 1.82) is 0 Å². The Morgan fingerprint density at radius 3 is 2.52 bits per heavy atom. The highest BCUT2D eigenvalue weighted by Crippen LogP contribution is 2.16. The molecule has 0 bridgehead atoms. The summed E-state index contributed by atoms with van der Waals surface area (Å²) in [5.74, 6) is 0. The Kier molecular flexibility index (Phi) is 7.15. The van der Waals surface area contributed by atoms with Crippen molar-refractivity contribution in [3.63, 3.8) is 0 Å². The number of amides is 1. The Bertz CT molecular complexity index is 429. The molecule has 0 spiro atoms. The van der Waals surface area contributed by atoms with Gasteiger partial charge in [-0.3, -0.25) is 4.90 Å². The van der Waals surface area contributed by atoms with Crippen LogP contribution in [0.2, 0.25) is 0 Å². The first kappa shape index (κ1) is 20.0. The molecule has 4 N–H and O–H groups in total. The van der Waals surface area contributed by atoms with E-state index in [1.54, 1.807) is 27.8 Å². The molecule has 1 saturated heterocycles. The van der Waals surface area contributed by atoms with Crippen molar-refractivity contribution in [2.75, 3.05) is 27.2 Å². The van der Waals surface area contributed by atoms with E-state index >= 15 is 0 Å². The minimum absolute atomic E-state index is 0.0890. The Labute approximate surface area is 142 Å². The highest BCUT2D eigenvalue weighted by Gasteiger charge is 2.39. The normalized spacial score (nSPS) is 28.1. The van der Waals surface area contributed by atoms with Gasteiger partial charge in [0, 0.05) is 13.6 Å². The van der Waals surface area contributed by atoms with Gasteiger partial charge in [0.25, 0.3) is 0 Å². The summed E-state index contributed by atoms with van der Waals surface area (Å²) >= 11 is 5.15. The maximum Gasteiger partial charge on any atom is 0.416 e. The predicted octanol–water partition coefficient (Wildman–Crippen LogP) is -0.564. The molecule has 4 atom stereocenters. The Balaban J connectivity index is 2.59. The summed E-state index contributed by atoms with van der Waals surface area (Å²) in [4.78, 5) is 13.1. The highest BCUT2D eigenvalue weighted by molar-refractivity contribution is 7.80. The minimum atomic E-state index is -1.06. The topological polar surface area (TPSA) is 103 Å². The highest BCUT2D eigenvalue weighted by atomic mass is 32.1. The molecule has 1 aliphatic rings. The maximum absolute atomic E-state index is 11.9. The standard InChI is InChI=1S/C14H27N3O5S/c1-14(2,3)22-13(20)17(5)12(23)16-8-7-21-9(6-15-4)11(19)10(8)18/h8-11,15,18-19H,6-7H2,1-5H3,(H,16,23)/t8-,9?,10?,11+/m0/s1. The van der Waals surface area contributed by atoms with Crippen molar-refractivity contribution < 1.29 is 24.5 Å². The summed E-state index contributed by atoms with van der Waals surface area (Å²) < 4.78 is 10.7. The number of nitrogens with zero attached hydrogens (tertiary/aromatic N) is 1. The number of aliphatic hydroxyl groups excluding tert-OH is 2. The van der Waals surface area contributed by atoms with Crippen LogP contribution in [0.25, 0.3) is 0 Å². The summed E-state index contributed by atoms with van der Waals surface area (Å²) in [6.45, 7) is 5.85. The second-order valence-corrected chi connectivity index (χ2v) is 6.89. The van der Waals surface area contributed by atoms with Crippen LogP contribution in [0.15, 0.2) is 0 Å². The van der Waals surface area contributed by atoms with Gasteiger partial charge in [-0.05, 0) is 40.0 Å². The molecule has 0 radical (unpaired) electrons. The Morgan fingerprint density at radius 2 is 2.00 bits per heavy atom. The van der Waals surface area contributed by atoms with Gasteiger partial charge in [-0.25, -0.2) is 4.79 Å². The molecule has 23 heavy (non-hydrogen) atoms. The lowest BCUT2D eigenvalue weighted by Crippen LogP contribution is -2.62. The van der Waals surface area contributed by atoms with E-state index in [0.29, 0.717) is 6.54 Å². The Hall–Kier alpha value is -1.00. The molecule has 1 aliphatic heterocycles. The van der Waals surface area contributed by atoms with E-state index in [1.165, 1.54) is 7.05 Å². The van der Waals surface area contributed by atoms with Crippen LogP contribution in [-0.2, 0) is 9.47 Å². The molecule has 0 aromatic heterocycles. The van der Waals surface area contributed by atoms with Crippen LogP contribution in [0, 0.1) is 0 Å². The van der Waals surface area contributed by atoms with Crippen LogP contribution in [-0.4, -0.2) is 83.5 Å². The number of thiocarbonyl (C=S) groups is 1. The van der Waals surface area contributed by atoms with E-state index < -0.39 is 36.0 Å². The summed E-state index contributed by atoms with van der Waals surface area (Å²) in [5.41, 5.74) is -0.634. The van der Waals surface area contributed by atoms with E-state index in [9.17, 15) is 15.0 Å². The average Bonchev–Trinajstić information content (AvgIpc) is 2.44. The molecule has 0 aromatic carbocycles. The molecule has 134 valence electrons. The molecular formula is C14H27N3O5S. The molecular weight excluding hydrogens is 322 g/mol. The number of rotatable bonds is 3. The van der Waals surface area contributed by atoms with Crippen LogP contribution in [0.3, 0.4) is 0 Å². The fourth-order valence-corrected chi connectivity index (χ4v) is 2.28. The predicted molar refractivity (Wildman–Crippen MR) is 89.2 cm³/mol. The number of carbonyl (C=O) groups is 1. The molecule has 0 aromatic rings. The smallest absolute Gasteiger partial charge is 0.416 e. The van der Waals surface area contributed by atoms with Crippen LogP contribution in [0.1, 0.15) is 20.8 Å². The number of ether oxygens (including phenoxy) is 2. The second kappa shape index (κ2) is 8.20. The molecule has 2 unspecified atom stereocenters. The van der Waals surface area contributed by atoms with Gasteiger partial charge in [-0.15, -0.1) is 0 Å². The zero-order valence-corrected chi connectivity index (χ0v) is 15.0. The first-order valence-corrected chi connectivity index (χ1v) is 7.87. The number of carbonyl (C=O) groups excluding carboxylic acids is 1. The fraction of sp³-hybridized carbons (Fsp3) is 0.857. The molecule has 1 amide bonds. The zero-order valence-electron chi connectivity index (χ0n) is 14.2. The van der Waals surface area contributed by atoms with Crippen molar-refractivity contribution in [2.45, 2.75) is 50.7 Å². The quantitative estimate of drug-likeness (QED) is 0.503. The summed E-state index contributed by atoms with van der Waals surface area (Å²) in [7, 11) is 3.21. The summed E-state index contributed by atoms with van der Waals surface area (Å²) in [6, 6.07) is -0.615. The number of aliphatic hydroxyl groups is 2. The number of hydrogen-bond acceptors (Lipinski definition) is 7. The lowest BCUT2D eigenvalue weighted by molar-refractivity contribution is -0.145. The minimum Gasteiger partial charge on any atom is -0.443 e. The van der Waals surface area contributed by atoms with Crippen molar-refractivity contribution in [2.24, 2.45) is 0 Å². The van der Waals surface area contributed by atoms with Gasteiger partial charge in [-0.2, -0.15) is 0 Å². The van der Waals surface area contributed by atoms with Crippen LogP contribution in [0.4, 0.5) is 4.79 Å². The van der Waals surface area contributed by atoms with Gasteiger partial charge in [0.05, 0.1) is 18.8 Å². The lowest BCUT2D eigenvalue weighted by atomic mass is 9.98. The third-order valence-corrected chi connectivity index (χ3v) is 3.71. The van der Waals surface area contributed by atoms with E-state index in [4.69, 9.17) is 21.7 Å². The number of hydrogen-bond donors (Lipinski definition) is 4. The first-order chi connectivity index (χ1) is 10.6. The third kappa shape index (κ3) is 5.85. The molecule has 0 saturated carbocycles. The maximum atomic E-state index is 11.9. The van der Waals surface area contributed by atoms with Gasteiger partial charge in [0.1, 0.15) is 17.8 Å². The van der Waals surface area contributed by atoms with Gasteiger partial charge in [0.2, 0.25) is 0 Å². The summed E-state index contributed by atoms with van der Waals surface area (Å²) in [5, 5.41) is 26.0. The molecule has 1 rings (SSSR count). The van der Waals surface area contributed by atoms with E-state index in [1.807, 2.05) is 0 Å². The SMILES string of the molecule is CNCC1OC[C@H](NC(=S)N(C)C(=O)OC(C)(C)C)C(O)[C@@H]1O. The lowest BCUT2D eigenvalue weighted by Gasteiger charge is -2.39. The first-order valence-electron chi connectivity index (χ1n) is 7.46. The third-order valence-electron chi connectivity index (χ3n) is 3.32. The van der Waals surface area contributed by atoms with Crippen molar-refractivity contribution >= 4 is 23.4 Å². The van der Waals surface area contributed by atoms with E-state index in [2.05, 4.69) is 10.6 Å². The van der Waals surface area contributed by atoms with Gasteiger partial charge in [-0.1, -0.05) is 0 Å². The monoisotopic (exact) mass is 349 g/mol. The van der Waals surface area contributed by atoms with Gasteiger partial charge >= 0.3 is 6.09 Å². The zero-order chi connectivity index (χ0) is 17.8. The van der Waals surface area contributed by atoms with Gasteiger partial charge < -0.3 is 30.3 Å². The average molecular weight is 349 g/mol. The molecule has 8 nitrogen and oxygen atoms in total. The number of likely N-dealkylation sites (N-methyl/N-ethyl adjacent to an activating group) is 1. The van der Waals surface area contributed by atoms with E-state index in [0.717, 1.165) is 4.90 Å². The van der Waals surface area contributed by atoms with E-state index in [-0.39, 0.29) is 11.7 Å². The fourth-order valence-electron chi connectivity index (χ4n) is 2.06. The van der Waals surface area contributed by atoms with Gasteiger partial charge in [0.15, 0.2) is 5.11 Å². The van der Waals surface area contributed by atoms with Crippen LogP contribution < -0.4 is 10.6 Å². The molecule has 1 fully saturated rings. The second-order valence-electron chi connectivity index (χ2n) is 6.51. The number of nitrogens with one attached hydrogen (secondary N) is 2. The van der Waals surface area contributed by atoms with Crippen LogP contribution >= 0.6 is 12.2 Å². The van der Waals surface area contributed by atoms with Crippen molar-refractivity contribution in [3.8, 4) is 0 Å². The van der Waals surface area contributed by atoms with Crippen molar-refractivity contribution in [1.82, 2.24) is 15.5 Å². The molecule has 9 heteroatoms. The molecule has 0 aliphatic carbocycles.